The number of nitrogens with one attached hydrogen (secondary N) is 1. The average Bonchev–Trinajstić information content (AvgIpc) is 2.93. The molecule has 0 saturated carbocycles. The summed E-state index contributed by atoms with van der Waals surface area (Å²) in [6.07, 6.45) is 18.6. The average molecular weight is 572 g/mol. The Morgan fingerprint density at radius 1 is 0.825 bits per heavy atom. The SMILES string of the molecule is CCCCCCCCCCCCCC/C=C/CC/C=C/C(O)C(COC1OC(CO)C(O)C(O)C1O)NC(C)=O. The van der Waals surface area contributed by atoms with Gasteiger partial charge in [0.1, 0.15) is 24.4 Å². The van der Waals surface area contributed by atoms with E-state index < -0.39 is 49.5 Å². The Morgan fingerprint density at radius 3 is 1.95 bits per heavy atom. The third-order valence-corrected chi connectivity index (χ3v) is 7.31. The molecule has 1 fully saturated rings. The Bertz CT molecular complexity index is 686. The molecule has 7 unspecified atom stereocenters. The standard InChI is InChI=1S/C31H57NO8/c1-3-4-5-6-7-8-9-10-11-12-13-14-15-16-17-18-19-20-21-26(35)25(32-24(2)34)23-39-31-30(38)29(37)28(36)27(22-33)40-31/h16-17,20-21,25-31,33,35-38H,3-15,18-19,22-23H2,1-2H3,(H,32,34)/b17-16+,21-20+. The van der Waals surface area contributed by atoms with Crippen molar-refractivity contribution in [1.29, 1.82) is 0 Å². The Balaban J connectivity index is 2.20. The predicted molar refractivity (Wildman–Crippen MR) is 157 cm³/mol. The van der Waals surface area contributed by atoms with Crippen LogP contribution in [-0.2, 0) is 14.3 Å². The van der Waals surface area contributed by atoms with Crippen molar-refractivity contribution < 1.29 is 39.8 Å². The van der Waals surface area contributed by atoms with Crippen molar-refractivity contribution in [1.82, 2.24) is 5.32 Å². The van der Waals surface area contributed by atoms with E-state index in [2.05, 4.69) is 24.4 Å². The second-order valence-electron chi connectivity index (χ2n) is 11.0. The van der Waals surface area contributed by atoms with Crippen LogP contribution in [0.25, 0.3) is 0 Å². The van der Waals surface area contributed by atoms with Gasteiger partial charge in [-0.05, 0) is 25.7 Å². The summed E-state index contributed by atoms with van der Waals surface area (Å²) in [7, 11) is 0. The van der Waals surface area contributed by atoms with Crippen LogP contribution < -0.4 is 5.32 Å². The molecule has 0 radical (unpaired) electrons. The highest BCUT2D eigenvalue weighted by Gasteiger charge is 2.44. The molecule has 0 spiro atoms. The van der Waals surface area contributed by atoms with Gasteiger partial charge in [0.25, 0.3) is 0 Å². The minimum atomic E-state index is -1.56. The molecule has 9 nitrogen and oxygen atoms in total. The van der Waals surface area contributed by atoms with E-state index in [4.69, 9.17) is 9.47 Å². The van der Waals surface area contributed by atoms with E-state index in [1.165, 1.54) is 84.0 Å². The Morgan fingerprint density at radius 2 is 1.38 bits per heavy atom. The highest BCUT2D eigenvalue weighted by molar-refractivity contribution is 5.73. The minimum Gasteiger partial charge on any atom is -0.394 e. The maximum atomic E-state index is 11.6. The van der Waals surface area contributed by atoms with E-state index >= 15 is 0 Å². The lowest BCUT2D eigenvalue weighted by atomic mass is 9.99. The van der Waals surface area contributed by atoms with Crippen LogP contribution in [-0.4, -0.2) is 87.5 Å². The van der Waals surface area contributed by atoms with Crippen LogP contribution in [0.1, 0.15) is 110 Å². The van der Waals surface area contributed by atoms with E-state index in [0.29, 0.717) is 0 Å². The first-order chi connectivity index (χ1) is 19.3. The lowest BCUT2D eigenvalue weighted by Gasteiger charge is -2.40. The summed E-state index contributed by atoms with van der Waals surface area (Å²) in [5, 5.41) is 52.4. The molecular weight excluding hydrogens is 514 g/mol. The van der Waals surface area contributed by atoms with Crippen LogP contribution >= 0.6 is 0 Å². The number of unbranched alkanes of at least 4 members (excludes halogenated alkanes) is 13. The van der Waals surface area contributed by atoms with Crippen molar-refractivity contribution in [3.05, 3.63) is 24.3 Å². The van der Waals surface area contributed by atoms with Crippen LogP contribution in [0.3, 0.4) is 0 Å². The number of carbonyl (C=O) groups excluding carboxylic acids is 1. The van der Waals surface area contributed by atoms with Gasteiger partial charge in [0, 0.05) is 6.92 Å². The molecule has 0 aromatic rings. The summed E-state index contributed by atoms with van der Waals surface area (Å²) < 4.78 is 10.8. The lowest BCUT2D eigenvalue weighted by Crippen LogP contribution is -2.60. The number of hydrogen-bond acceptors (Lipinski definition) is 8. The molecule has 40 heavy (non-hydrogen) atoms. The van der Waals surface area contributed by atoms with Crippen LogP contribution in [0.4, 0.5) is 0 Å². The molecule has 6 N–H and O–H groups in total. The number of rotatable bonds is 23. The van der Waals surface area contributed by atoms with E-state index in [1.54, 1.807) is 6.08 Å². The Kier molecular flexibility index (Phi) is 21.3. The van der Waals surface area contributed by atoms with Crippen molar-refractivity contribution in [2.75, 3.05) is 13.2 Å². The summed E-state index contributed by atoms with van der Waals surface area (Å²) in [6.45, 7) is 2.79. The van der Waals surface area contributed by atoms with Gasteiger partial charge in [-0.2, -0.15) is 0 Å². The number of allylic oxidation sites excluding steroid dienone is 3. The number of aliphatic hydroxyl groups is 5. The normalized spacial score (nSPS) is 25.0. The van der Waals surface area contributed by atoms with E-state index in [0.717, 1.165) is 19.3 Å². The predicted octanol–water partition coefficient (Wildman–Crippen LogP) is 3.65. The molecule has 1 amide bonds. The molecule has 9 heteroatoms. The smallest absolute Gasteiger partial charge is 0.217 e. The summed E-state index contributed by atoms with van der Waals surface area (Å²) in [6, 6.07) is -0.817. The molecule has 1 aliphatic rings. The number of carbonyl (C=O) groups is 1. The topological polar surface area (TPSA) is 149 Å². The number of hydrogen-bond donors (Lipinski definition) is 6. The first-order valence-corrected chi connectivity index (χ1v) is 15.5. The van der Waals surface area contributed by atoms with Gasteiger partial charge >= 0.3 is 0 Å². The van der Waals surface area contributed by atoms with Gasteiger partial charge in [0.2, 0.25) is 5.91 Å². The van der Waals surface area contributed by atoms with Gasteiger partial charge in [-0.3, -0.25) is 4.79 Å². The van der Waals surface area contributed by atoms with Gasteiger partial charge in [-0.1, -0.05) is 102 Å². The van der Waals surface area contributed by atoms with Crippen LogP contribution in [0.15, 0.2) is 24.3 Å². The molecule has 0 aromatic carbocycles. The fraction of sp³-hybridized carbons (Fsp3) is 0.839. The summed E-state index contributed by atoms with van der Waals surface area (Å²) in [5.41, 5.74) is 0. The van der Waals surface area contributed by atoms with Gasteiger partial charge in [0.15, 0.2) is 6.29 Å². The third kappa shape index (κ3) is 16.2. The van der Waals surface area contributed by atoms with Crippen LogP contribution in [0.5, 0.6) is 0 Å². The first-order valence-electron chi connectivity index (χ1n) is 15.5. The minimum absolute atomic E-state index is 0.216. The maximum absolute atomic E-state index is 11.6. The first kappa shape index (κ1) is 36.7. The van der Waals surface area contributed by atoms with Gasteiger partial charge in [-0.15, -0.1) is 0 Å². The van der Waals surface area contributed by atoms with Crippen molar-refractivity contribution in [3.8, 4) is 0 Å². The molecule has 1 rings (SSSR count). The van der Waals surface area contributed by atoms with Crippen molar-refractivity contribution in [2.24, 2.45) is 0 Å². The summed E-state index contributed by atoms with van der Waals surface area (Å²) >= 11 is 0. The van der Waals surface area contributed by atoms with Crippen LogP contribution in [0.2, 0.25) is 0 Å². The van der Waals surface area contributed by atoms with Crippen molar-refractivity contribution in [2.45, 2.75) is 153 Å². The molecular formula is C31H57NO8. The largest absolute Gasteiger partial charge is 0.394 e. The number of aliphatic hydroxyl groups excluding tert-OH is 5. The second-order valence-corrected chi connectivity index (χ2v) is 11.0. The molecule has 1 heterocycles. The zero-order valence-electron chi connectivity index (χ0n) is 24.8. The lowest BCUT2D eigenvalue weighted by molar-refractivity contribution is -0.302. The third-order valence-electron chi connectivity index (χ3n) is 7.31. The van der Waals surface area contributed by atoms with Gasteiger partial charge in [-0.25, -0.2) is 0 Å². The summed E-state index contributed by atoms with van der Waals surface area (Å²) in [4.78, 5) is 11.6. The molecule has 1 aliphatic heterocycles. The van der Waals surface area contributed by atoms with Crippen LogP contribution in [0, 0.1) is 0 Å². The zero-order valence-corrected chi connectivity index (χ0v) is 24.8. The van der Waals surface area contributed by atoms with Crippen molar-refractivity contribution in [3.63, 3.8) is 0 Å². The molecule has 0 aromatic heterocycles. The van der Waals surface area contributed by atoms with Gasteiger partial charge < -0.3 is 40.3 Å². The summed E-state index contributed by atoms with van der Waals surface area (Å²) in [5.74, 6) is -0.365. The monoisotopic (exact) mass is 571 g/mol. The van der Waals surface area contributed by atoms with E-state index in [1.807, 2.05) is 6.08 Å². The molecule has 0 bridgehead atoms. The molecule has 0 aliphatic carbocycles. The fourth-order valence-electron chi connectivity index (χ4n) is 4.79. The zero-order chi connectivity index (χ0) is 29.6. The second kappa shape index (κ2) is 23.3. The highest BCUT2D eigenvalue weighted by Crippen LogP contribution is 2.22. The molecule has 1 saturated heterocycles. The highest BCUT2D eigenvalue weighted by atomic mass is 16.7. The fourth-order valence-corrected chi connectivity index (χ4v) is 4.79. The quantitative estimate of drug-likeness (QED) is 0.0804. The number of ether oxygens (including phenoxy) is 2. The number of amides is 1. The Labute approximate surface area is 241 Å². The van der Waals surface area contributed by atoms with Gasteiger partial charge in [0.05, 0.1) is 25.4 Å². The molecule has 7 atom stereocenters. The molecule has 234 valence electrons. The Hall–Kier alpha value is -1.33. The van der Waals surface area contributed by atoms with E-state index in [9.17, 15) is 30.3 Å². The van der Waals surface area contributed by atoms with Crippen molar-refractivity contribution >= 4 is 5.91 Å². The maximum Gasteiger partial charge on any atom is 0.217 e. The van der Waals surface area contributed by atoms with E-state index in [-0.39, 0.29) is 12.5 Å².